The molecule has 0 heterocycles. The van der Waals surface area contributed by atoms with Gasteiger partial charge in [-0.1, -0.05) is 0 Å². The Hall–Kier alpha value is -2.62. The number of carbonyl (C=O) groups is 2. The Morgan fingerprint density at radius 2 is 2.21 bits per heavy atom. The van der Waals surface area contributed by atoms with Gasteiger partial charge in [0.1, 0.15) is 12.4 Å². The highest BCUT2D eigenvalue weighted by Gasteiger charge is 2.17. The van der Waals surface area contributed by atoms with Crippen molar-refractivity contribution >= 4 is 17.6 Å². The van der Waals surface area contributed by atoms with Crippen LogP contribution in [0.4, 0.5) is 10.1 Å². The number of nitrogen functional groups attached to an aromatic ring is 1. The molecule has 100 valence electrons. The van der Waals surface area contributed by atoms with Gasteiger partial charge in [-0.3, -0.25) is 4.79 Å². The van der Waals surface area contributed by atoms with Crippen LogP contribution in [-0.2, 0) is 9.53 Å². The molecule has 19 heavy (non-hydrogen) atoms. The van der Waals surface area contributed by atoms with Crippen LogP contribution in [0.2, 0.25) is 0 Å². The quantitative estimate of drug-likeness (QED) is 0.469. The van der Waals surface area contributed by atoms with Crippen LogP contribution in [0.15, 0.2) is 12.1 Å². The van der Waals surface area contributed by atoms with Crippen molar-refractivity contribution in [2.75, 3.05) is 18.9 Å². The Morgan fingerprint density at radius 1 is 1.53 bits per heavy atom. The van der Waals surface area contributed by atoms with Gasteiger partial charge in [0.15, 0.2) is 6.61 Å². The lowest BCUT2D eigenvalue weighted by Gasteiger charge is -2.07. The van der Waals surface area contributed by atoms with Crippen LogP contribution in [0.3, 0.4) is 0 Å². The second kappa shape index (κ2) is 6.35. The number of ether oxygens (including phenoxy) is 1. The van der Waals surface area contributed by atoms with E-state index in [4.69, 9.17) is 11.0 Å². The van der Waals surface area contributed by atoms with E-state index in [-0.39, 0.29) is 23.4 Å². The zero-order chi connectivity index (χ0) is 14.4. The van der Waals surface area contributed by atoms with Crippen LogP contribution in [0.25, 0.3) is 0 Å². The summed E-state index contributed by atoms with van der Waals surface area (Å²) >= 11 is 0. The van der Waals surface area contributed by atoms with Crippen molar-refractivity contribution in [2.45, 2.75) is 6.92 Å². The summed E-state index contributed by atoms with van der Waals surface area (Å²) in [5.74, 6) is -2.37. The molecular formula is C12H12FN3O3. The first-order valence-corrected chi connectivity index (χ1v) is 5.32. The van der Waals surface area contributed by atoms with Crippen LogP contribution in [0.5, 0.6) is 0 Å². The number of anilines is 1. The van der Waals surface area contributed by atoms with Crippen molar-refractivity contribution in [2.24, 2.45) is 0 Å². The third-order valence-corrected chi connectivity index (χ3v) is 2.20. The Kier molecular flexibility index (Phi) is 4.83. The maximum atomic E-state index is 13.7. The molecule has 0 spiro atoms. The molecule has 7 heteroatoms. The van der Waals surface area contributed by atoms with Gasteiger partial charge in [0, 0.05) is 5.69 Å². The number of esters is 1. The van der Waals surface area contributed by atoms with E-state index in [0.29, 0.717) is 0 Å². The molecule has 1 rings (SSSR count). The van der Waals surface area contributed by atoms with Crippen LogP contribution in [0, 0.1) is 24.1 Å². The second-order valence-corrected chi connectivity index (χ2v) is 3.71. The minimum absolute atomic E-state index is 0.192. The van der Waals surface area contributed by atoms with E-state index >= 15 is 0 Å². The maximum absolute atomic E-state index is 13.7. The van der Waals surface area contributed by atoms with E-state index in [1.807, 2.05) is 0 Å². The number of carbonyl (C=O) groups excluding carboxylic acids is 2. The molecule has 0 saturated heterocycles. The molecule has 6 nitrogen and oxygen atoms in total. The Bertz CT molecular complexity index is 552. The van der Waals surface area contributed by atoms with Crippen molar-refractivity contribution < 1.29 is 18.7 Å². The zero-order valence-electron chi connectivity index (χ0n) is 10.2. The Balaban J connectivity index is 2.69. The van der Waals surface area contributed by atoms with Gasteiger partial charge in [-0.2, -0.15) is 5.26 Å². The van der Waals surface area contributed by atoms with Crippen LogP contribution in [-0.4, -0.2) is 25.0 Å². The SMILES string of the molecule is Cc1cc(N)cc(C(=O)OCC(=O)NCC#N)c1F. The molecule has 0 saturated carbocycles. The number of benzene rings is 1. The number of nitrogens with one attached hydrogen (secondary N) is 1. The summed E-state index contributed by atoms with van der Waals surface area (Å²) in [5.41, 5.74) is 5.60. The molecule has 0 radical (unpaired) electrons. The first-order valence-electron chi connectivity index (χ1n) is 5.32. The fourth-order valence-corrected chi connectivity index (χ4v) is 1.34. The highest BCUT2D eigenvalue weighted by atomic mass is 19.1. The number of halogens is 1. The van der Waals surface area contributed by atoms with E-state index in [2.05, 4.69) is 10.1 Å². The molecule has 0 aliphatic heterocycles. The topological polar surface area (TPSA) is 105 Å². The summed E-state index contributed by atoms with van der Waals surface area (Å²) in [7, 11) is 0. The average Bonchev–Trinajstić information content (AvgIpc) is 2.37. The Labute approximate surface area is 109 Å². The molecule has 0 bridgehead atoms. The predicted molar refractivity (Wildman–Crippen MR) is 64.5 cm³/mol. The lowest BCUT2D eigenvalue weighted by atomic mass is 10.1. The van der Waals surface area contributed by atoms with Gasteiger partial charge in [-0.25, -0.2) is 9.18 Å². The summed E-state index contributed by atoms with van der Waals surface area (Å²) in [4.78, 5) is 22.7. The fraction of sp³-hybridized carbons (Fsp3) is 0.250. The van der Waals surface area contributed by atoms with E-state index in [1.165, 1.54) is 13.0 Å². The first-order chi connectivity index (χ1) is 8.95. The molecule has 3 N–H and O–H groups in total. The second-order valence-electron chi connectivity index (χ2n) is 3.71. The third kappa shape index (κ3) is 3.96. The summed E-state index contributed by atoms with van der Waals surface area (Å²) in [6, 6.07) is 4.21. The van der Waals surface area contributed by atoms with Crippen molar-refractivity contribution in [3.63, 3.8) is 0 Å². The predicted octanol–water partition coefficient (Wildman–Crippen LogP) is 0.513. The van der Waals surface area contributed by atoms with Gasteiger partial charge < -0.3 is 15.8 Å². The largest absolute Gasteiger partial charge is 0.452 e. The van der Waals surface area contributed by atoms with Crippen molar-refractivity contribution in [3.05, 3.63) is 29.1 Å². The van der Waals surface area contributed by atoms with Crippen LogP contribution >= 0.6 is 0 Å². The van der Waals surface area contributed by atoms with Gasteiger partial charge in [0.2, 0.25) is 0 Å². The molecular weight excluding hydrogens is 253 g/mol. The molecule has 0 unspecified atom stereocenters. The minimum atomic E-state index is -0.986. The molecule has 1 aromatic rings. The first kappa shape index (κ1) is 14.4. The molecule has 0 atom stereocenters. The monoisotopic (exact) mass is 265 g/mol. The summed E-state index contributed by atoms with van der Waals surface area (Å²) in [5, 5.41) is 10.4. The van der Waals surface area contributed by atoms with Crippen LogP contribution in [0.1, 0.15) is 15.9 Å². The third-order valence-electron chi connectivity index (χ3n) is 2.20. The lowest BCUT2D eigenvalue weighted by molar-refractivity contribution is -0.123. The standard InChI is InChI=1S/C12H12FN3O3/c1-7-4-8(15)5-9(11(7)13)12(18)19-6-10(17)16-3-2-14/h4-5H,3,6,15H2,1H3,(H,16,17). The molecule has 0 aromatic heterocycles. The smallest absolute Gasteiger partial charge is 0.341 e. The van der Waals surface area contributed by atoms with Gasteiger partial charge >= 0.3 is 5.97 Å². The van der Waals surface area contributed by atoms with Crippen molar-refractivity contribution in [3.8, 4) is 6.07 Å². The van der Waals surface area contributed by atoms with Crippen LogP contribution < -0.4 is 11.1 Å². The number of nitrogens with zero attached hydrogens (tertiary/aromatic N) is 1. The molecule has 1 amide bonds. The number of nitriles is 1. The van der Waals surface area contributed by atoms with E-state index in [9.17, 15) is 14.0 Å². The summed E-state index contributed by atoms with van der Waals surface area (Å²) in [6.07, 6.45) is 0. The number of hydrogen-bond donors (Lipinski definition) is 2. The molecule has 0 aliphatic rings. The van der Waals surface area contributed by atoms with Crippen molar-refractivity contribution in [1.82, 2.24) is 5.32 Å². The minimum Gasteiger partial charge on any atom is -0.452 e. The highest BCUT2D eigenvalue weighted by Crippen LogP contribution is 2.17. The van der Waals surface area contributed by atoms with Gasteiger partial charge in [0.05, 0.1) is 11.6 Å². The zero-order valence-corrected chi connectivity index (χ0v) is 10.2. The Morgan fingerprint density at radius 3 is 2.84 bits per heavy atom. The van der Waals surface area contributed by atoms with Gasteiger partial charge in [-0.15, -0.1) is 0 Å². The summed E-state index contributed by atoms with van der Waals surface area (Å²) < 4.78 is 18.3. The average molecular weight is 265 g/mol. The number of hydrogen-bond acceptors (Lipinski definition) is 5. The fourth-order valence-electron chi connectivity index (χ4n) is 1.34. The lowest BCUT2D eigenvalue weighted by Crippen LogP contribution is -2.29. The molecule has 1 aromatic carbocycles. The maximum Gasteiger partial charge on any atom is 0.341 e. The highest BCUT2D eigenvalue weighted by molar-refractivity contribution is 5.92. The molecule has 0 aliphatic carbocycles. The number of rotatable bonds is 4. The van der Waals surface area contributed by atoms with E-state index < -0.39 is 24.3 Å². The number of aryl methyl sites for hydroxylation is 1. The van der Waals surface area contributed by atoms with Crippen molar-refractivity contribution in [1.29, 1.82) is 5.26 Å². The number of amides is 1. The van der Waals surface area contributed by atoms with E-state index in [0.717, 1.165) is 6.07 Å². The van der Waals surface area contributed by atoms with Gasteiger partial charge in [0.25, 0.3) is 5.91 Å². The van der Waals surface area contributed by atoms with E-state index in [1.54, 1.807) is 6.07 Å². The molecule has 0 fully saturated rings. The van der Waals surface area contributed by atoms with Gasteiger partial charge in [-0.05, 0) is 24.6 Å². The summed E-state index contributed by atoms with van der Waals surface area (Å²) in [6.45, 7) is 0.679. The number of nitrogens with two attached hydrogens (primary N) is 1. The normalized spacial score (nSPS) is 9.53.